The minimum atomic E-state index is 0.936. The molecule has 0 atom stereocenters. The van der Waals surface area contributed by atoms with Crippen LogP contribution in [-0.4, -0.2) is 14.0 Å². The van der Waals surface area contributed by atoms with Crippen molar-refractivity contribution in [2.24, 2.45) is 0 Å². The fourth-order valence-corrected chi connectivity index (χ4v) is 7.55. The molecule has 0 saturated carbocycles. The van der Waals surface area contributed by atoms with E-state index in [0.717, 1.165) is 33.8 Å². The lowest BCUT2D eigenvalue weighted by atomic mass is 9.93. The third-order valence-electron chi connectivity index (χ3n) is 9.48. The first-order chi connectivity index (χ1) is 22.8. The lowest BCUT2D eigenvalue weighted by molar-refractivity contribution is 1.18. The van der Waals surface area contributed by atoms with Crippen molar-refractivity contribution < 1.29 is 0 Å². The Balaban J connectivity index is 1.43. The van der Waals surface area contributed by atoms with Crippen LogP contribution in [0.1, 0.15) is 0 Å². The van der Waals surface area contributed by atoms with E-state index in [0.29, 0.717) is 0 Å². The van der Waals surface area contributed by atoms with Crippen molar-refractivity contribution in [3.05, 3.63) is 164 Å². The van der Waals surface area contributed by atoms with Crippen molar-refractivity contribution in [3.63, 3.8) is 0 Å². The van der Waals surface area contributed by atoms with Crippen LogP contribution >= 0.6 is 0 Å². The summed E-state index contributed by atoms with van der Waals surface area (Å²) in [6.07, 6.45) is 2.12. The molecule has 46 heavy (non-hydrogen) atoms. The molecule has 0 aliphatic carbocycles. The predicted octanol–water partition coefficient (Wildman–Crippen LogP) is 11.2. The van der Waals surface area contributed by atoms with Gasteiger partial charge in [0.25, 0.3) is 0 Å². The van der Waals surface area contributed by atoms with Gasteiger partial charge in [-0.2, -0.15) is 0 Å². The van der Waals surface area contributed by atoms with Crippen LogP contribution in [0.25, 0.3) is 88.0 Å². The van der Waals surface area contributed by atoms with Gasteiger partial charge in [-0.3, -0.25) is 4.40 Å². The maximum Gasteiger partial charge on any atom is 0.137 e. The van der Waals surface area contributed by atoms with E-state index in [2.05, 4.69) is 173 Å². The number of hydrogen-bond acceptors (Lipinski definition) is 1. The van der Waals surface area contributed by atoms with Gasteiger partial charge < -0.3 is 4.57 Å². The highest BCUT2D eigenvalue weighted by molar-refractivity contribution is 6.36. The number of aromatic nitrogens is 3. The van der Waals surface area contributed by atoms with Crippen molar-refractivity contribution in [1.29, 1.82) is 0 Å². The first kappa shape index (κ1) is 25.2. The largest absolute Gasteiger partial charge is 0.309 e. The average molecular weight is 586 g/mol. The van der Waals surface area contributed by atoms with Gasteiger partial charge in [0.2, 0.25) is 0 Å². The maximum atomic E-state index is 5.14. The lowest BCUT2D eigenvalue weighted by Gasteiger charge is -2.14. The highest BCUT2D eigenvalue weighted by Gasteiger charge is 2.22. The van der Waals surface area contributed by atoms with Gasteiger partial charge in [-0.05, 0) is 63.3 Å². The van der Waals surface area contributed by atoms with Gasteiger partial charge in [0.05, 0.1) is 22.4 Å². The van der Waals surface area contributed by atoms with E-state index in [4.69, 9.17) is 4.98 Å². The number of para-hydroxylation sites is 1. The van der Waals surface area contributed by atoms with Gasteiger partial charge in [0.1, 0.15) is 5.65 Å². The minimum absolute atomic E-state index is 0.936. The van der Waals surface area contributed by atoms with Gasteiger partial charge in [0, 0.05) is 39.2 Å². The van der Waals surface area contributed by atoms with Crippen molar-refractivity contribution in [3.8, 4) is 28.2 Å². The van der Waals surface area contributed by atoms with Crippen LogP contribution in [0.15, 0.2) is 164 Å². The van der Waals surface area contributed by atoms with Crippen molar-refractivity contribution >= 4 is 59.8 Å². The second kappa shape index (κ2) is 9.65. The van der Waals surface area contributed by atoms with E-state index in [9.17, 15) is 0 Å². The molecule has 0 aliphatic heterocycles. The Kier molecular flexibility index (Phi) is 5.28. The van der Waals surface area contributed by atoms with E-state index in [1.807, 2.05) is 0 Å². The smallest absolute Gasteiger partial charge is 0.137 e. The molecule has 10 rings (SSSR count). The number of pyridine rings is 1. The maximum absolute atomic E-state index is 5.14. The van der Waals surface area contributed by atoms with E-state index < -0.39 is 0 Å². The zero-order chi connectivity index (χ0) is 30.2. The topological polar surface area (TPSA) is 22.2 Å². The molecule has 0 unspecified atom stereocenters. The first-order valence-corrected chi connectivity index (χ1v) is 15.7. The molecule has 10 aromatic rings. The molecule has 0 saturated heterocycles. The molecule has 0 amide bonds. The van der Waals surface area contributed by atoms with Crippen LogP contribution in [-0.2, 0) is 0 Å². The summed E-state index contributed by atoms with van der Waals surface area (Å²) in [6, 6.07) is 56.8. The fourth-order valence-electron chi connectivity index (χ4n) is 7.55. The number of nitrogens with zero attached hydrogens (tertiary/aromatic N) is 3. The van der Waals surface area contributed by atoms with E-state index in [1.165, 1.54) is 54.1 Å². The Morgan fingerprint density at radius 3 is 1.98 bits per heavy atom. The van der Waals surface area contributed by atoms with Gasteiger partial charge in [-0.25, -0.2) is 4.98 Å². The number of benzene rings is 7. The monoisotopic (exact) mass is 585 g/mol. The Labute approximate surface area is 265 Å². The summed E-state index contributed by atoms with van der Waals surface area (Å²) in [7, 11) is 0. The number of fused-ring (bicyclic) bond motifs is 11. The van der Waals surface area contributed by atoms with Gasteiger partial charge >= 0.3 is 0 Å². The van der Waals surface area contributed by atoms with Crippen molar-refractivity contribution in [2.75, 3.05) is 0 Å². The van der Waals surface area contributed by atoms with Gasteiger partial charge in [-0.15, -0.1) is 0 Å². The molecule has 0 radical (unpaired) electrons. The van der Waals surface area contributed by atoms with Crippen molar-refractivity contribution in [1.82, 2.24) is 14.0 Å². The summed E-state index contributed by atoms with van der Waals surface area (Å²) < 4.78 is 4.70. The molecule has 214 valence electrons. The molecule has 3 heteroatoms. The van der Waals surface area contributed by atoms with Crippen LogP contribution in [0.3, 0.4) is 0 Å². The molecular weight excluding hydrogens is 558 g/mol. The lowest BCUT2D eigenvalue weighted by Crippen LogP contribution is -1.95. The van der Waals surface area contributed by atoms with Crippen molar-refractivity contribution in [2.45, 2.75) is 0 Å². The molecule has 0 spiro atoms. The molecule has 0 aliphatic rings. The highest BCUT2D eigenvalue weighted by atomic mass is 15.0. The molecule has 0 bridgehead atoms. The third-order valence-corrected chi connectivity index (χ3v) is 9.48. The molecular formula is C43H27N3. The van der Waals surface area contributed by atoms with Crippen LogP contribution < -0.4 is 0 Å². The van der Waals surface area contributed by atoms with E-state index in [-0.39, 0.29) is 0 Å². The second-order valence-corrected chi connectivity index (χ2v) is 12.0. The molecule has 3 heterocycles. The van der Waals surface area contributed by atoms with Gasteiger partial charge in [-0.1, -0.05) is 121 Å². The number of rotatable bonds is 3. The Hall–Kier alpha value is -6.19. The Morgan fingerprint density at radius 1 is 0.457 bits per heavy atom. The van der Waals surface area contributed by atoms with Crippen LogP contribution in [0.2, 0.25) is 0 Å². The minimum Gasteiger partial charge on any atom is -0.309 e. The van der Waals surface area contributed by atoms with Crippen LogP contribution in [0, 0.1) is 0 Å². The fraction of sp³-hybridized carbons (Fsp3) is 0. The zero-order valence-corrected chi connectivity index (χ0v) is 24.9. The predicted molar refractivity (Wildman–Crippen MR) is 193 cm³/mol. The zero-order valence-electron chi connectivity index (χ0n) is 24.9. The molecule has 0 fully saturated rings. The summed E-state index contributed by atoms with van der Waals surface area (Å²) in [6.45, 7) is 0. The quantitative estimate of drug-likeness (QED) is 0.189. The SMILES string of the molecule is c1ccc(-c2nc3ccccn3c2-c2ccc3c(c2)c2c4ccccc4c4ccc5ccccc5c4c2n3-c2ccccc2)cc1. The summed E-state index contributed by atoms with van der Waals surface area (Å²) in [5.74, 6) is 0. The normalized spacial score (nSPS) is 11.9. The summed E-state index contributed by atoms with van der Waals surface area (Å²) in [4.78, 5) is 5.14. The average Bonchev–Trinajstić information content (AvgIpc) is 3.68. The number of imidazole rings is 1. The third kappa shape index (κ3) is 3.51. The van der Waals surface area contributed by atoms with Crippen LogP contribution in [0.4, 0.5) is 0 Å². The van der Waals surface area contributed by atoms with E-state index >= 15 is 0 Å². The number of hydrogen-bond donors (Lipinski definition) is 0. The van der Waals surface area contributed by atoms with Crippen LogP contribution in [0.5, 0.6) is 0 Å². The molecule has 7 aromatic carbocycles. The van der Waals surface area contributed by atoms with Gasteiger partial charge in [0.15, 0.2) is 0 Å². The summed E-state index contributed by atoms with van der Waals surface area (Å²) >= 11 is 0. The molecule has 3 nitrogen and oxygen atoms in total. The summed E-state index contributed by atoms with van der Waals surface area (Å²) in [5, 5.41) is 10.1. The Morgan fingerprint density at radius 2 is 1.13 bits per heavy atom. The molecule has 3 aromatic heterocycles. The first-order valence-electron chi connectivity index (χ1n) is 15.7. The summed E-state index contributed by atoms with van der Waals surface area (Å²) in [5.41, 5.74) is 8.84. The Bertz CT molecular complexity index is 2790. The highest BCUT2D eigenvalue weighted by Crippen LogP contribution is 2.46. The van der Waals surface area contributed by atoms with E-state index in [1.54, 1.807) is 0 Å². The molecule has 0 N–H and O–H groups in total. The standard InChI is InChI=1S/C43H27N3/c1-3-14-29(15-4-1)41-42(45-26-12-11-21-38(45)44-41)30-23-25-37-36(27-30)40-34-20-10-9-19-33(34)35-24-22-28-13-7-8-18-32(28)39(35)43(40)46(37)31-16-5-2-6-17-31/h1-27H. The second-order valence-electron chi connectivity index (χ2n) is 12.0.